The first-order valence-electron chi connectivity index (χ1n) is 9.67. The van der Waals surface area contributed by atoms with Gasteiger partial charge in [0.05, 0.1) is 12.1 Å². The number of nitrogens with zero attached hydrogens (tertiary/aromatic N) is 2. The van der Waals surface area contributed by atoms with Crippen LogP contribution in [0.4, 0.5) is 14.6 Å². The number of piperidine rings is 1. The number of rotatable bonds is 5. The molecule has 0 unspecified atom stereocenters. The second-order valence-corrected chi connectivity index (χ2v) is 7.27. The van der Waals surface area contributed by atoms with Crippen molar-refractivity contribution in [2.75, 3.05) is 18.0 Å². The number of halogens is 2. The Labute approximate surface area is 167 Å². The van der Waals surface area contributed by atoms with Crippen LogP contribution in [-0.2, 0) is 11.2 Å². The maximum Gasteiger partial charge on any atom is 0.224 e. The van der Waals surface area contributed by atoms with Gasteiger partial charge in [0.2, 0.25) is 5.91 Å². The molecule has 0 saturated carbocycles. The number of anilines is 1. The molecule has 4 rings (SSSR count). The smallest absolute Gasteiger partial charge is 0.224 e. The highest BCUT2D eigenvalue weighted by atomic mass is 19.1. The van der Waals surface area contributed by atoms with Crippen LogP contribution in [0.1, 0.15) is 18.4 Å². The summed E-state index contributed by atoms with van der Waals surface area (Å²) in [5, 5.41) is 10.4. The summed E-state index contributed by atoms with van der Waals surface area (Å²) < 4.78 is 26.9. The standard InChI is InChI=1S/C22H22F2N4O/c23-17-9-7-15(8-10-17)20-13-21(27-26-20)28-11-3-5-18(14-28)25-22(29)12-16-4-1-2-6-19(16)24/h1-2,4,6-10,13,18H,3,5,11-12,14H2,(H,25,29)(H,26,27)/t18-/m0/s1. The van der Waals surface area contributed by atoms with Gasteiger partial charge in [-0.1, -0.05) is 18.2 Å². The van der Waals surface area contributed by atoms with Gasteiger partial charge in [0.25, 0.3) is 0 Å². The van der Waals surface area contributed by atoms with Crippen molar-refractivity contribution in [3.8, 4) is 11.3 Å². The predicted octanol–water partition coefficient (Wildman–Crippen LogP) is 3.68. The Kier molecular flexibility index (Phi) is 5.55. The van der Waals surface area contributed by atoms with Gasteiger partial charge in [-0.15, -0.1) is 0 Å². The van der Waals surface area contributed by atoms with Crippen LogP contribution in [0, 0.1) is 11.6 Å². The monoisotopic (exact) mass is 396 g/mol. The number of carbonyl (C=O) groups excluding carboxylic acids is 1. The largest absolute Gasteiger partial charge is 0.353 e. The zero-order valence-electron chi connectivity index (χ0n) is 15.9. The Balaban J connectivity index is 1.38. The molecule has 1 aliphatic heterocycles. The minimum Gasteiger partial charge on any atom is -0.353 e. The SMILES string of the molecule is O=C(Cc1ccccc1F)N[C@H]1CCCN(c2cc(-c3ccc(F)cc3)[nH]n2)C1. The minimum atomic E-state index is -0.363. The van der Waals surface area contributed by atoms with Crippen molar-refractivity contribution in [1.82, 2.24) is 15.5 Å². The summed E-state index contributed by atoms with van der Waals surface area (Å²) in [6, 6.07) is 14.5. The Hall–Kier alpha value is -3.22. The molecule has 1 atom stereocenters. The number of nitrogens with one attached hydrogen (secondary N) is 2. The third-order valence-corrected chi connectivity index (χ3v) is 5.14. The second kappa shape index (κ2) is 8.43. The lowest BCUT2D eigenvalue weighted by Gasteiger charge is -2.33. The normalized spacial score (nSPS) is 16.6. The van der Waals surface area contributed by atoms with E-state index in [0.717, 1.165) is 36.5 Å². The van der Waals surface area contributed by atoms with Crippen molar-refractivity contribution < 1.29 is 13.6 Å². The number of amides is 1. The van der Waals surface area contributed by atoms with Gasteiger partial charge >= 0.3 is 0 Å². The molecule has 7 heteroatoms. The topological polar surface area (TPSA) is 61.0 Å². The number of aromatic amines is 1. The first-order valence-corrected chi connectivity index (χ1v) is 9.67. The van der Waals surface area contributed by atoms with Crippen LogP contribution in [0.25, 0.3) is 11.3 Å². The number of hydrogen-bond donors (Lipinski definition) is 2. The summed E-state index contributed by atoms with van der Waals surface area (Å²) in [5.41, 5.74) is 2.07. The van der Waals surface area contributed by atoms with E-state index in [1.807, 2.05) is 6.07 Å². The highest BCUT2D eigenvalue weighted by Gasteiger charge is 2.23. The number of carbonyl (C=O) groups is 1. The highest BCUT2D eigenvalue weighted by molar-refractivity contribution is 5.79. The molecule has 0 bridgehead atoms. The molecule has 0 radical (unpaired) electrons. The molecular weight excluding hydrogens is 374 g/mol. The van der Waals surface area contributed by atoms with Crippen LogP contribution in [0.5, 0.6) is 0 Å². The maximum absolute atomic E-state index is 13.8. The van der Waals surface area contributed by atoms with E-state index in [0.29, 0.717) is 12.1 Å². The zero-order valence-corrected chi connectivity index (χ0v) is 15.9. The molecule has 2 heterocycles. The summed E-state index contributed by atoms with van der Waals surface area (Å²) in [7, 11) is 0. The van der Waals surface area contributed by atoms with E-state index in [-0.39, 0.29) is 30.0 Å². The van der Waals surface area contributed by atoms with Crippen molar-refractivity contribution in [2.24, 2.45) is 0 Å². The van der Waals surface area contributed by atoms with Gasteiger partial charge in [0.15, 0.2) is 5.82 Å². The number of H-pyrrole nitrogens is 1. The molecule has 0 spiro atoms. The third-order valence-electron chi connectivity index (χ3n) is 5.14. The molecule has 1 fully saturated rings. The van der Waals surface area contributed by atoms with Crippen LogP contribution in [0.2, 0.25) is 0 Å². The van der Waals surface area contributed by atoms with Crippen molar-refractivity contribution in [3.05, 3.63) is 71.8 Å². The molecule has 3 aromatic rings. The average Bonchev–Trinajstić information content (AvgIpc) is 3.21. The summed E-state index contributed by atoms with van der Waals surface area (Å²) in [4.78, 5) is 14.5. The molecule has 1 aliphatic rings. The third kappa shape index (κ3) is 4.62. The van der Waals surface area contributed by atoms with Crippen LogP contribution >= 0.6 is 0 Å². The number of benzene rings is 2. The summed E-state index contributed by atoms with van der Waals surface area (Å²) in [6.45, 7) is 1.48. The van der Waals surface area contributed by atoms with E-state index in [1.165, 1.54) is 18.2 Å². The van der Waals surface area contributed by atoms with Crippen LogP contribution in [-0.4, -0.2) is 35.2 Å². The van der Waals surface area contributed by atoms with Crippen molar-refractivity contribution in [3.63, 3.8) is 0 Å². The van der Waals surface area contributed by atoms with Gasteiger partial charge in [-0.2, -0.15) is 5.10 Å². The maximum atomic E-state index is 13.8. The van der Waals surface area contributed by atoms with Gasteiger partial charge in [0.1, 0.15) is 11.6 Å². The second-order valence-electron chi connectivity index (χ2n) is 7.27. The molecular formula is C22H22F2N4O. The first kappa shape index (κ1) is 19.1. The zero-order chi connectivity index (χ0) is 20.2. The van der Waals surface area contributed by atoms with Crippen molar-refractivity contribution in [1.29, 1.82) is 0 Å². The molecule has 29 heavy (non-hydrogen) atoms. The number of hydrogen-bond acceptors (Lipinski definition) is 3. The fraction of sp³-hybridized carbons (Fsp3) is 0.273. The van der Waals surface area contributed by atoms with E-state index < -0.39 is 0 Å². The van der Waals surface area contributed by atoms with Crippen LogP contribution in [0.15, 0.2) is 54.6 Å². The van der Waals surface area contributed by atoms with E-state index in [4.69, 9.17) is 0 Å². The van der Waals surface area contributed by atoms with Crippen LogP contribution < -0.4 is 10.2 Å². The molecule has 1 amide bonds. The summed E-state index contributed by atoms with van der Waals surface area (Å²) in [5.74, 6) is -0.0374. The van der Waals surface area contributed by atoms with E-state index in [2.05, 4.69) is 20.4 Å². The van der Waals surface area contributed by atoms with Crippen molar-refractivity contribution >= 4 is 11.7 Å². The van der Waals surface area contributed by atoms with Crippen molar-refractivity contribution in [2.45, 2.75) is 25.3 Å². The van der Waals surface area contributed by atoms with Gasteiger partial charge in [-0.3, -0.25) is 9.89 Å². The molecule has 1 saturated heterocycles. The molecule has 1 aromatic heterocycles. The molecule has 0 aliphatic carbocycles. The quantitative estimate of drug-likeness (QED) is 0.692. The van der Waals surface area contributed by atoms with Gasteiger partial charge in [-0.05, 0) is 54.3 Å². The Bertz CT molecular complexity index is 986. The molecule has 2 N–H and O–H groups in total. The fourth-order valence-corrected chi connectivity index (χ4v) is 3.65. The van der Waals surface area contributed by atoms with E-state index >= 15 is 0 Å². The fourth-order valence-electron chi connectivity index (χ4n) is 3.65. The molecule has 2 aromatic carbocycles. The van der Waals surface area contributed by atoms with Crippen LogP contribution in [0.3, 0.4) is 0 Å². The lowest BCUT2D eigenvalue weighted by Crippen LogP contribution is -2.48. The van der Waals surface area contributed by atoms with Gasteiger partial charge in [0, 0.05) is 25.2 Å². The first-order chi connectivity index (χ1) is 14.1. The Morgan fingerprint density at radius 3 is 2.76 bits per heavy atom. The van der Waals surface area contributed by atoms with E-state index in [9.17, 15) is 13.6 Å². The van der Waals surface area contributed by atoms with E-state index in [1.54, 1.807) is 30.3 Å². The Morgan fingerprint density at radius 2 is 1.97 bits per heavy atom. The average molecular weight is 396 g/mol. The lowest BCUT2D eigenvalue weighted by atomic mass is 10.0. The minimum absolute atomic E-state index is 0.0194. The summed E-state index contributed by atoms with van der Waals surface area (Å²) >= 11 is 0. The lowest BCUT2D eigenvalue weighted by molar-refractivity contribution is -0.121. The molecule has 5 nitrogen and oxygen atoms in total. The molecule has 150 valence electrons. The van der Waals surface area contributed by atoms with Gasteiger partial charge < -0.3 is 10.2 Å². The predicted molar refractivity (Wildman–Crippen MR) is 107 cm³/mol. The Morgan fingerprint density at radius 1 is 1.17 bits per heavy atom. The summed E-state index contributed by atoms with van der Waals surface area (Å²) in [6.07, 6.45) is 1.82. The van der Waals surface area contributed by atoms with Gasteiger partial charge in [-0.25, -0.2) is 8.78 Å². The highest BCUT2D eigenvalue weighted by Crippen LogP contribution is 2.24. The number of aromatic nitrogens is 2.